The molecule has 18 heavy (non-hydrogen) atoms. The van der Waals surface area contributed by atoms with Crippen molar-refractivity contribution in [3.63, 3.8) is 0 Å². The molecule has 0 bridgehead atoms. The van der Waals surface area contributed by atoms with Gasteiger partial charge >= 0.3 is 5.97 Å². The molecule has 1 aromatic carbocycles. The lowest BCUT2D eigenvalue weighted by molar-refractivity contribution is -0.383. The summed E-state index contributed by atoms with van der Waals surface area (Å²) in [6, 6.07) is 4.79. The summed E-state index contributed by atoms with van der Waals surface area (Å²) < 4.78 is 4.57. The van der Waals surface area contributed by atoms with Crippen molar-refractivity contribution >= 4 is 38.5 Å². The number of hydrogen-bond donors (Lipinski definition) is 1. The van der Waals surface area contributed by atoms with Crippen LogP contribution in [0.15, 0.2) is 18.2 Å². The number of nitrogens with zero attached hydrogens (tertiary/aromatic N) is 1. The summed E-state index contributed by atoms with van der Waals surface area (Å²) in [5.41, 5.74) is 1.23. The van der Waals surface area contributed by atoms with Crippen molar-refractivity contribution in [3.8, 4) is 0 Å². The van der Waals surface area contributed by atoms with E-state index < -0.39 is 10.9 Å². The van der Waals surface area contributed by atoms with Gasteiger partial charge in [-0.1, -0.05) is 15.9 Å². The Morgan fingerprint density at radius 2 is 2.22 bits per heavy atom. The number of nitro groups is 1. The average molecular weight is 313 g/mol. The van der Waals surface area contributed by atoms with Gasteiger partial charge in [0.1, 0.15) is 11.2 Å². The van der Waals surface area contributed by atoms with Gasteiger partial charge in [0, 0.05) is 16.8 Å². The zero-order valence-corrected chi connectivity index (χ0v) is 11.0. The number of esters is 1. The van der Waals surface area contributed by atoms with Gasteiger partial charge in [-0.15, -0.1) is 0 Å². The Morgan fingerprint density at radius 1 is 1.50 bits per heavy atom. The molecule has 1 aromatic heterocycles. The van der Waals surface area contributed by atoms with Crippen molar-refractivity contribution < 1.29 is 14.5 Å². The number of aromatic nitrogens is 1. The number of H-pyrrole nitrogens is 1. The van der Waals surface area contributed by atoms with Crippen LogP contribution in [0.25, 0.3) is 10.9 Å². The molecular formula is C11H9BrN2O4. The highest BCUT2D eigenvalue weighted by Crippen LogP contribution is 2.28. The summed E-state index contributed by atoms with van der Waals surface area (Å²) >= 11 is 3.25. The fourth-order valence-electron chi connectivity index (χ4n) is 1.73. The molecule has 2 aromatic rings. The van der Waals surface area contributed by atoms with Crippen LogP contribution in [0.4, 0.5) is 5.69 Å². The van der Waals surface area contributed by atoms with Crippen LogP contribution < -0.4 is 0 Å². The number of aromatic amines is 1. The van der Waals surface area contributed by atoms with Gasteiger partial charge in [0.2, 0.25) is 0 Å². The molecule has 0 saturated heterocycles. The van der Waals surface area contributed by atoms with Crippen LogP contribution in [-0.2, 0) is 10.1 Å². The molecule has 6 nitrogen and oxygen atoms in total. The fourth-order valence-corrected chi connectivity index (χ4v) is 2.05. The number of alkyl halides is 1. The normalized spacial score (nSPS) is 10.6. The molecule has 94 valence electrons. The number of ether oxygens (including phenoxy) is 1. The Kier molecular flexibility index (Phi) is 3.33. The van der Waals surface area contributed by atoms with Crippen molar-refractivity contribution in [3.05, 3.63) is 39.6 Å². The van der Waals surface area contributed by atoms with Crippen LogP contribution in [0.2, 0.25) is 0 Å². The van der Waals surface area contributed by atoms with E-state index in [0.717, 1.165) is 5.56 Å². The summed E-state index contributed by atoms with van der Waals surface area (Å²) in [6.07, 6.45) is 0. The molecule has 0 spiro atoms. The molecule has 0 atom stereocenters. The third kappa shape index (κ3) is 2.08. The van der Waals surface area contributed by atoms with E-state index in [1.54, 1.807) is 12.1 Å². The number of methoxy groups -OCH3 is 1. The second-order valence-corrected chi connectivity index (χ2v) is 4.21. The third-order valence-corrected chi connectivity index (χ3v) is 3.17. The summed E-state index contributed by atoms with van der Waals surface area (Å²) in [5.74, 6) is -0.555. The molecule has 0 amide bonds. The number of hydrogen-bond acceptors (Lipinski definition) is 4. The maximum absolute atomic E-state index is 11.4. The molecule has 0 aliphatic heterocycles. The third-order valence-electron chi connectivity index (χ3n) is 2.52. The highest BCUT2D eigenvalue weighted by atomic mass is 79.9. The van der Waals surface area contributed by atoms with E-state index in [0.29, 0.717) is 16.2 Å². The van der Waals surface area contributed by atoms with Gasteiger partial charge < -0.3 is 9.72 Å². The molecule has 0 radical (unpaired) electrons. The van der Waals surface area contributed by atoms with E-state index in [1.165, 1.54) is 13.2 Å². The van der Waals surface area contributed by atoms with E-state index in [4.69, 9.17) is 0 Å². The minimum Gasteiger partial charge on any atom is -0.464 e. The van der Waals surface area contributed by atoms with E-state index >= 15 is 0 Å². The highest BCUT2D eigenvalue weighted by molar-refractivity contribution is 9.08. The molecule has 0 unspecified atom stereocenters. The maximum atomic E-state index is 11.4. The monoisotopic (exact) mass is 312 g/mol. The number of rotatable bonds is 3. The van der Waals surface area contributed by atoms with Crippen LogP contribution in [0.3, 0.4) is 0 Å². The molecule has 2 rings (SSSR count). The van der Waals surface area contributed by atoms with Gasteiger partial charge in [-0.2, -0.15) is 0 Å². The minimum atomic E-state index is -0.555. The molecule has 1 N–H and O–H groups in total. The van der Waals surface area contributed by atoms with Gasteiger partial charge in [-0.05, 0) is 17.7 Å². The summed E-state index contributed by atoms with van der Waals surface area (Å²) in [5, 5.41) is 12.1. The molecule has 7 heteroatoms. The first-order chi connectivity index (χ1) is 8.56. The second kappa shape index (κ2) is 4.77. The van der Waals surface area contributed by atoms with Crippen molar-refractivity contribution in [2.75, 3.05) is 7.11 Å². The van der Waals surface area contributed by atoms with E-state index in [1.807, 2.05) is 0 Å². The Labute approximate surface area is 110 Å². The molecule has 0 aliphatic rings. The molecule has 0 aliphatic carbocycles. The second-order valence-electron chi connectivity index (χ2n) is 3.64. The van der Waals surface area contributed by atoms with Crippen LogP contribution >= 0.6 is 15.9 Å². The molecular weight excluding hydrogens is 304 g/mol. The maximum Gasteiger partial charge on any atom is 0.354 e. The number of carbonyl (C=O) groups is 1. The summed E-state index contributed by atoms with van der Waals surface area (Å²) in [7, 11) is 1.26. The number of benzene rings is 1. The number of carbonyl (C=O) groups excluding carboxylic acids is 1. The zero-order chi connectivity index (χ0) is 13.3. The van der Waals surface area contributed by atoms with Crippen LogP contribution in [0.5, 0.6) is 0 Å². The fraction of sp³-hybridized carbons (Fsp3) is 0.182. The number of non-ortho nitro benzene ring substituents is 1. The van der Waals surface area contributed by atoms with Gasteiger partial charge in [0.25, 0.3) is 5.69 Å². The summed E-state index contributed by atoms with van der Waals surface area (Å²) in [4.78, 5) is 24.6. The number of halogens is 1. The predicted octanol–water partition coefficient (Wildman–Crippen LogP) is 2.76. The first-order valence-electron chi connectivity index (χ1n) is 5.01. The van der Waals surface area contributed by atoms with Gasteiger partial charge in [0.15, 0.2) is 0 Å². The quantitative estimate of drug-likeness (QED) is 0.408. The molecule has 1 heterocycles. The van der Waals surface area contributed by atoms with Crippen LogP contribution in [-0.4, -0.2) is 23.0 Å². The average Bonchev–Trinajstić information content (AvgIpc) is 2.79. The topological polar surface area (TPSA) is 85.2 Å². The SMILES string of the molecule is COC(=O)c1cc2cc(CBr)cc([N+](=O)[O-])c2[nH]1. The first kappa shape index (κ1) is 12.6. The van der Waals surface area contributed by atoms with Crippen LogP contribution in [0, 0.1) is 10.1 Å². The van der Waals surface area contributed by atoms with Crippen molar-refractivity contribution in [2.24, 2.45) is 0 Å². The number of nitro benzene ring substituents is 1. The van der Waals surface area contributed by atoms with Gasteiger partial charge in [-0.3, -0.25) is 10.1 Å². The molecule has 0 fully saturated rings. The Bertz CT molecular complexity index is 635. The lowest BCUT2D eigenvalue weighted by Gasteiger charge is -1.98. The number of nitrogens with one attached hydrogen (secondary N) is 1. The Morgan fingerprint density at radius 3 is 2.78 bits per heavy atom. The van der Waals surface area contributed by atoms with Crippen molar-refractivity contribution in [1.82, 2.24) is 4.98 Å². The van der Waals surface area contributed by atoms with Crippen molar-refractivity contribution in [1.29, 1.82) is 0 Å². The lowest BCUT2D eigenvalue weighted by atomic mass is 10.1. The first-order valence-corrected chi connectivity index (χ1v) is 6.13. The van der Waals surface area contributed by atoms with E-state index in [-0.39, 0.29) is 11.4 Å². The van der Waals surface area contributed by atoms with E-state index in [9.17, 15) is 14.9 Å². The lowest BCUT2D eigenvalue weighted by Crippen LogP contribution is -2.00. The van der Waals surface area contributed by atoms with Crippen LogP contribution in [0.1, 0.15) is 16.1 Å². The van der Waals surface area contributed by atoms with Crippen molar-refractivity contribution in [2.45, 2.75) is 5.33 Å². The van der Waals surface area contributed by atoms with E-state index in [2.05, 4.69) is 25.7 Å². The predicted molar refractivity (Wildman–Crippen MR) is 68.9 cm³/mol. The molecule has 0 saturated carbocycles. The number of fused-ring (bicyclic) bond motifs is 1. The highest BCUT2D eigenvalue weighted by Gasteiger charge is 2.18. The minimum absolute atomic E-state index is 0.0582. The Hall–Kier alpha value is -1.89. The largest absolute Gasteiger partial charge is 0.464 e. The standard InChI is InChI=1S/C11H9BrN2O4/c1-18-11(15)8-4-7-2-6(5-12)3-9(14(16)17)10(7)13-8/h2-4,13H,5H2,1H3. The van der Waals surface area contributed by atoms with Gasteiger partial charge in [0.05, 0.1) is 12.0 Å². The Balaban J connectivity index is 2.70. The summed E-state index contributed by atoms with van der Waals surface area (Å²) in [6.45, 7) is 0. The zero-order valence-electron chi connectivity index (χ0n) is 9.40. The smallest absolute Gasteiger partial charge is 0.354 e. The van der Waals surface area contributed by atoms with Gasteiger partial charge in [-0.25, -0.2) is 4.79 Å².